The lowest BCUT2D eigenvalue weighted by atomic mass is 10.3. The minimum atomic E-state index is -0.481. The molecule has 0 saturated heterocycles. The van der Waals surface area contributed by atoms with Crippen molar-refractivity contribution >= 4 is 46.7 Å². The van der Waals surface area contributed by atoms with Crippen LogP contribution in [0.25, 0.3) is 0 Å². The van der Waals surface area contributed by atoms with E-state index in [-0.39, 0.29) is 16.2 Å². The number of hydrogen-bond acceptors (Lipinski definition) is 4. The minimum absolute atomic E-state index is 0.0447. The lowest BCUT2D eigenvalue weighted by Gasteiger charge is -1.98. The van der Waals surface area contributed by atoms with Gasteiger partial charge in [0, 0.05) is 9.78 Å². The Balaban J connectivity index is 2.45. The average Bonchev–Trinajstić information content (AvgIpc) is 2.30. The van der Waals surface area contributed by atoms with Gasteiger partial charge in [0.15, 0.2) is 4.77 Å². The van der Waals surface area contributed by atoms with Gasteiger partial charge in [-0.2, -0.15) is 0 Å². The van der Waals surface area contributed by atoms with E-state index in [9.17, 15) is 9.90 Å². The maximum atomic E-state index is 11.6. The number of aromatic amines is 2. The number of para-hydroxylation sites is 1. The van der Waals surface area contributed by atoms with Crippen LogP contribution in [-0.4, -0.2) is 21.3 Å². The third-order valence-electron chi connectivity index (χ3n) is 2.14. The van der Waals surface area contributed by atoms with Gasteiger partial charge in [-0.15, -0.1) is 0 Å². The van der Waals surface area contributed by atoms with E-state index in [0.717, 1.165) is 9.26 Å². The van der Waals surface area contributed by atoms with Gasteiger partial charge in [0.25, 0.3) is 5.56 Å². The predicted octanol–water partition coefficient (Wildman–Crippen LogP) is 2.49. The van der Waals surface area contributed by atoms with Crippen molar-refractivity contribution in [3.05, 3.63) is 48.5 Å². The van der Waals surface area contributed by atoms with Crippen LogP contribution in [0.1, 0.15) is 5.56 Å². The molecule has 7 heteroatoms. The van der Waals surface area contributed by atoms with E-state index in [0.29, 0.717) is 0 Å². The standard InChI is InChI=1S/C11H8IN3O2S/c12-7-3-1-2-4-8(7)13-5-6-9(16)14-11(18)15-10(6)17/h1-5H,(H3,14,15,16,17,18). The van der Waals surface area contributed by atoms with Gasteiger partial charge in [-0.05, 0) is 46.9 Å². The SMILES string of the molecule is O=c1[nH]c(=S)[nH]c(O)c1C=Nc1ccccc1I. The molecule has 1 heterocycles. The Morgan fingerprint density at radius 1 is 1.33 bits per heavy atom. The summed E-state index contributed by atoms with van der Waals surface area (Å²) in [4.78, 5) is 20.6. The van der Waals surface area contributed by atoms with Gasteiger partial charge in [-0.3, -0.25) is 14.8 Å². The number of aliphatic imine (C=N–C) groups is 1. The van der Waals surface area contributed by atoms with Crippen molar-refractivity contribution < 1.29 is 5.11 Å². The summed E-state index contributed by atoms with van der Waals surface area (Å²) >= 11 is 6.87. The van der Waals surface area contributed by atoms with Crippen molar-refractivity contribution in [3.63, 3.8) is 0 Å². The van der Waals surface area contributed by atoms with Crippen LogP contribution >= 0.6 is 34.8 Å². The smallest absolute Gasteiger partial charge is 0.264 e. The van der Waals surface area contributed by atoms with Crippen LogP contribution in [0.4, 0.5) is 5.69 Å². The number of benzene rings is 1. The first-order chi connectivity index (χ1) is 8.58. The highest BCUT2D eigenvalue weighted by Gasteiger charge is 2.04. The summed E-state index contributed by atoms with van der Waals surface area (Å²) in [5.74, 6) is -0.293. The number of rotatable bonds is 2. The molecular weight excluding hydrogens is 365 g/mol. The first-order valence-electron chi connectivity index (χ1n) is 4.92. The molecule has 0 radical (unpaired) electrons. The molecular formula is C11H8IN3O2S. The maximum Gasteiger partial charge on any atom is 0.264 e. The molecule has 1 aromatic heterocycles. The Labute approximate surface area is 121 Å². The zero-order chi connectivity index (χ0) is 13.1. The van der Waals surface area contributed by atoms with Crippen LogP contribution in [-0.2, 0) is 0 Å². The summed E-state index contributed by atoms with van der Waals surface area (Å²) in [6.07, 6.45) is 1.30. The van der Waals surface area contributed by atoms with Gasteiger partial charge in [0.2, 0.25) is 5.88 Å². The number of H-pyrrole nitrogens is 2. The molecule has 0 atom stereocenters. The largest absolute Gasteiger partial charge is 0.494 e. The second kappa shape index (κ2) is 5.44. The molecule has 92 valence electrons. The minimum Gasteiger partial charge on any atom is -0.494 e. The van der Waals surface area contributed by atoms with Crippen LogP contribution in [0, 0.1) is 8.34 Å². The van der Waals surface area contributed by atoms with Gasteiger partial charge in [-0.25, -0.2) is 0 Å². The molecule has 0 spiro atoms. The highest BCUT2D eigenvalue weighted by atomic mass is 127. The molecule has 2 rings (SSSR count). The quantitative estimate of drug-likeness (QED) is 0.430. The van der Waals surface area contributed by atoms with Crippen molar-refractivity contribution in [3.8, 4) is 5.88 Å². The number of aromatic hydroxyl groups is 1. The summed E-state index contributed by atoms with van der Waals surface area (Å²) in [6.45, 7) is 0. The lowest BCUT2D eigenvalue weighted by molar-refractivity contribution is 0.449. The van der Waals surface area contributed by atoms with Crippen molar-refractivity contribution in [2.24, 2.45) is 4.99 Å². The Hall–Kier alpha value is -1.48. The number of aromatic nitrogens is 2. The average molecular weight is 373 g/mol. The topological polar surface area (TPSA) is 81.2 Å². The normalized spacial score (nSPS) is 10.9. The first-order valence-corrected chi connectivity index (χ1v) is 6.41. The molecule has 0 aliphatic carbocycles. The molecule has 0 aliphatic heterocycles. The lowest BCUT2D eigenvalue weighted by Crippen LogP contribution is -2.13. The van der Waals surface area contributed by atoms with Gasteiger partial charge < -0.3 is 10.1 Å². The number of halogens is 1. The highest BCUT2D eigenvalue weighted by molar-refractivity contribution is 14.1. The Kier molecular flexibility index (Phi) is 3.92. The van der Waals surface area contributed by atoms with Gasteiger partial charge >= 0.3 is 0 Å². The monoisotopic (exact) mass is 373 g/mol. The molecule has 5 nitrogen and oxygen atoms in total. The molecule has 0 unspecified atom stereocenters. The highest BCUT2D eigenvalue weighted by Crippen LogP contribution is 2.20. The summed E-state index contributed by atoms with van der Waals surface area (Å²) in [7, 11) is 0. The Morgan fingerprint density at radius 2 is 2.06 bits per heavy atom. The van der Waals surface area contributed by atoms with Crippen LogP contribution in [0.2, 0.25) is 0 Å². The second-order valence-electron chi connectivity index (χ2n) is 3.38. The number of nitrogens with one attached hydrogen (secondary N) is 2. The number of nitrogens with zero attached hydrogens (tertiary/aromatic N) is 1. The summed E-state index contributed by atoms with van der Waals surface area (Å²) in [6, 6.07) is 7.45. The van der Waals surface area contributed by atoms with E-state index in [1.807, 2.05) is 24.3 Å². The molecule has 1 aromatic carbocycles. The van der Waals surface area contributed by atoms with E-state index in [1.165, 1.54) is 6.21 Å². The molecule has 18 heavy (non-hydrogen) atoms. The Bertz CT molecular complexity index is 721. The van der Waals surface area contributed by atoms with Crippen LogP contribution in [0.15, 0.2) is 34.1 Å². The molecule has 0 fully saturated rings. The Morgan fingerprint density at radius 3 is 2.72 bits per heavy atom. The van der Waals surface area contributed by atoms with Crippen molar-refractivity contribution in [2.75, 3.05) is 0 Å². The maximum absolute atomic E-state index is 11.6. The second-order valence-corrected chi connectivity index (χ2v) is 4.95. The van der Waals surface area contributed by atoms with E-state index in [2.05, 4.69) is 37.6 Å². The zero-order valence-corrected chi connectivity index (χ0v) is 11.9. The molecule has 0 saturated carbocycles. The van der Waals surface area contributed by atoms with Crippen molar-refractivity contribution in [1.29, 1.82) is 0 Å². The zero-order valence-electron chi connectivity index (χ0n) is 8.98. The fourth-order valence-corrected chi connectivity index (χ4v) is 2.01. The summed E-state index contributed by atoms with van der Waals surface area (Å²) < 4.78 is 1.02. The number of hydrogen-bond donors (Lipinski definition) is 3. The fourth-order valence-electron chi connectivity index (χ4n) is 1.29. The van der Waals surface area contributed by atoms with Crippen LogP contribution in [0.3, 0.4) is 0 Å². The fraction of sp³-hybridized carbons (Fsp3) is 0. The molecule has 0 amide bonds. The summed E-state index contributed by atoms with van der Waals surface area (Å²) in [5, 5.41) is 9.58. The molecule has 3 N–H and O–H groups in total. The summed E-state index contributed by atoms with van der Waals surface area (Å²) in [5.41, 5.74) is 0.286. The van der Waals surface area contributed by atoms with Crippen LogP contribution < -0.4 is 5.56 Å². The van der Waals surface area contributed by atoms with Gasteiger partial charge in [0.05, 0.1) is 5.69 Å². The van der Waals surface area contributed by atoms with Crippen LogP contribution in [0.5, 0.6) is 5.88 Å². The first kappa shape index (κ1) is 13.0. The molecule has 2 aromatic rings. The van der Waals surface area contributed by atoms with E-state index in [1.54, 1.807) is 0 Å². The molecule has 0 aliphatic rings. The predicted molar refractivity (Wildman–Crippen MR) is 80.3 cm³/mol. The van der Waals surface area contributed by atoms with Crippen molar-refractivity contribution in [1.82, 2.24) is 9.97 Å². The van der Waals surface area contributed by atoms with E-state index in [4.69, 9.17) is 12.2 Å². The van der Waals surface area contributed by atoms with E-state index >= 15 is 0 Å². The third kappa shape index (κ3) is 2.85. The van der Waals surface area contributed by atoms with Gasteiger partial charge in [0.1, 0.15) is 5.56 Å². The third-order valence-corrected chi connectivity index (χ3v) is 3.26. The van der Waals surface area contributed by atoms with Gasteiger partial charge in [-0.1, -0.05) is 12.1 Å². The van der Waals surface area contributed by atoms with Crippen molar-refractivity contribution in [2.45, 2.75) is 0 Å². The molecule has 0 bridgehead atoms. The van der Waals surface area contributed by atoms with E-state index < -0.39 is 5.56 Å².